The molecule has 0 fully saturated rings. The average Bonchev–Trinajstić information content (AvgIpc) is 2.59. The highest BCUT2D eigenvalue weighted by atomic mass is 33.1. The number of benzene rings is 1. The van der Waals surface area contributed by atoms with Gasteiger partial charge in [0.2, 0.25) is 0 Å². The van der Waals surface area contributed by atoms with E-state index in [4.69, 9.17) is 9.52 Å². The first kappa shape index (κ1) is 10.4. The molecule has 4 nitrogen and oxygen atoms in total. The topological polar surface area (TPSA) is 63.3 Å². The summed E-state index contributed by atoms with van der Waals surface area (Å²) in [5, 5.41) is 8.93. The predicted octanol–water partition coefficient (Wildman–Crippen LogP) is 2.65. The Labute approximate surface area is 93.5 Å². The van der Waals surface area contributed by atoms with E-state index in [9.17, 15) is 4.79 Å². The Balaban J connectivity index is 2.05. The highest BCUT2D eigenvalue weighted by Crippen LogP contribution is 2.32. The zero-order chi connectivity index (χ0) is 10.7. The van der Waals surface area contributed by atoms with Crippen LogP contribution >= 0.6 is 21.6 Å². The van der Waals surface area contributed by atoms with Crippen LogP contribution in [0.4, 0.5) is 0 Å². The minimum atomic E-state index is -0.844. The van der Waals surface area contributed by atoms with E-state index in [-0.39, 0.29) is 5.75 Å². The van der Waals surface area contributed by atoms with Crippen molar-refractivity contribution in [2.24, 2.45) is 0 Å². The Kier molecular flexibility index (Phi) is 3.17. The molecule has 0 saturated heterocycles. The lowest BCUT2D eigenvalue weighted by atomic mass is 10.3. The lowest BCUT2D eigenvalue weighted by Gasteiger charge is -1.90. The van der Waals surface area contributed by atoms with Crippen molar-refractivity contribution < 1.29 is 14.3 Å². The molecule has 1 aromatic carbocycles. The number of carboxylic acid groups (broad SMARTS) is 1. The van der Waals surface area contributed by atoms with Gasteiger partial charge in [0.1, 0.15) is 11.3 Å². The Morgan fingerprint density at radius 2 is 2.27 bits per heavy atom. The fraction of sp³-hybridized carbons (Fsp3) is 0.111. The number of aliphatic carboxylic acids is 1. The molecule has 0 aliphatic rings. The molecule has 0 saturated carbocycles. The van der Waals surface area contributed by atoms with Crippen molar-refractivity contribution in [2.75, 3.05) is 5.75 Å². The van der Waals surface area contributed by atoms with E-state index in [1.807, 2.05) is 24.3 Å². The molecule has 0 atom stereocenters. The van der Waals surface area contributed by atoms with Gasteiger partial charge in [-0.15, -0.1) is 0 Å². The van der Waals surface area contributed by atoms with Crippen LogP contribution < -0.4 is 0 Å². The molecule has 0 unspecified atom stereocenters. The first-order valence-electron chi connectivity index (χ1n) is 4.12. The second-order valence-electron chi connectivity index (χ2n) is 2.69. The van der Waals surface area contributed by atoms with Crippen LogP contribution in [0, 0.1) is 0 Å². The van der Waals surface area contributed by atoms with Crippen molar-refractivity contribution in [3.63, 3.8) is 0 Å². The maximum Gasteiger partial charge on any atom is 0.314 e. The van der Waals surface area contributed by atoms with Crippen LogP contribution in [0.1, 0.15) is 0 Å². The standard InChI is InChI=1S/C9H7NO3S2/c11-8(12)5-14-15-9-10-6-3-1-2-4-7(6)13-9/h1-4H,5H2,(H,11,12). The summed E-state index contributed by atoms with van der Waals surface area (Å²) in [6.07, 6.45) is 0. The normalized spacial score (nSPS) is 10.7. The molecule has 0 radical (unpaired) electrons. The van der Waals surface area contributed by atoms with Crippen LogP contribution in [0.25, 0.3) is 11.1 Å². The number of rotatable bonds is 4. The first-order valence-corrected chi connectivity index (χ1v) is 6.44. The van der Waals surface area contributed by atoms with Gasteiger partial charge in [-0.1, -0.05) is 22.9 Å². The molecule has 0 bridgehead atoms. The Morgan fingerprint density at radius 1 is 1.47 bits per heavy atom. The van der Waals surface area contributed by atoms with Crippen molar-refractivity contribution in [1.82, 2.24) is 4.98 Å². The highest BCUT2D eigenvalue weighted by Gasteiger charge is 2.06. The molecule has 1 heterocycles. The quantitative estimate of drug-likeness (QED) is 0.830. The molecule has 2 aromatic rings. The minimum absolute atomic E-state index is 0.0311. The van der Waals surface area contributed by atoms with E-state index < -0.39 is 5.97 Å². The minimum Gasteiger partial charge on any atom is -0.481 e. The van der Waals surface area contributed by atoms with Crippen molar-refractivity contribution in [3.05, 3.63) is 24.3 Å². The molecule has 0 aliphatic carbocycles. The molecule has 15 heavy (non-hydrogen) atoms. The highest BCUT2D eigenvalue weighted by molar-refractivity contribution is 8.76. The average molecular weight is 241 g/mol. The molecule has 0 spiro atoms. The molecule has 1 N–H and O–H groups in total. The number of aromatic nitrogens is 1. The summed E-state index contributed by atoms with van der Waals surface area (Å²) < 4.78 is 5.39. The molecular formula is C9H7NO3S2. The van der Waals surface area contributed by atoms with Crippen LogP contribution in [0.2, 0.25) is 0 Å². The molecular weight excluding hydrogens is 234 g/mol. The van der Waals surface area contributed by atoms with Gasteiger partial charge < -0.3 is 9.52 Å². The lowest BCUT2D eigenvalue weighted by Crippen LogP contribution is -1.95. The summed E-state index contributed by atoms with van der Waals surface area (Å²) in [6.45, 7) is 0. The van der Waals surface area contributed by atoms with Gasteiger partial charge in [-0.05, 0) is 12.1 Å². The Morgan fingerprint density at radius 3 is 3.00 bits per heavy atom. The predicted molar refractivity (Wildman–Crippen MR) is 60.0 cm³/mol. The van der Waals surface area contributed by atoms with Crippen molar-refractivity contribution >= 4 is 38.7 Å². The van der Waals surface area contributed by atoms with Crippen LogP contribution in [-0.4, -0.2) is 21.8 Å². The summed E-state index contributed by atoms with van der Waals surface area (Å²) in [5.74, 6) is -0.813. The monoisotopic (exact) mass is 241 g/mol. The molecule has 0 amide bonds. The second kappa shape index (κ2) is 4.59. The maximum atomic E-state index is 10.3. The van der Waals surface area contributed by atoms with Crippen LogP contribution in [0.15, 0.2) is 33.9 Å². The summed E-state index contributed by atoms with van der Waals surface area (Å²) in [6, 6.07) is 7.43. The Bertz CT molecular complexity index is 450. The fourth-order valence-electron chi connectivity index (χ4n) is 1.02. The third-order valence-electron chi connectivity index (χ3n) is 1.59. The Hall–Kier alpha value is -1.14. The van der Waals surface area contributed by atoms with Crippen LogP contribution in [0.3, 0.4) is 0 Å². The van der Waals surface area contributed by atoms with Gasteiger partial charge in [-0.25, -0.2) is 4.98 Å². The number of hydrogen-bond donors (Lipinski definition) is 1. The van der Waals surface area contributed by atoms with Crippen molar-refractivity contribution in [2.45, 2.75) is 5.22 Å². The fourth-order valence-corrected chi connectivity index (χ4v) is 2.53. The summed E-state index contributed by atoms with van der Waals surface area (Å²) >= 11 is 0. The summed E-state index contributed by atoms with van der Waals surface area (Å²) in [7, 11) is 2.42. The smallest absolute Gasteiger partial charge is 0.314 e. The zero-order valence-corrected chi connectivity index (χ0v) is 9.18. The number of carboxylic acids is 1. The molecule has 6 heteroatoms. The third kappa shape index (κ3) is 2.66. The van der Waals surface area contributed by atoms with E-state index >= 15 is 0 Å². The number of hydrogen-bond acceptors (Lipinski definition) is 5. The largest absolute Gasteiger partial charge is 0.481 e. The van der Waals surface area contributed by atoms with Crippen LogP contribution in [0.5, 0.6) is 0 Å². The van der Waals surface area contributed by atoms with Crippen molar-refractivity contribution in [3.8, 4) is 0 Å². The maximum absolute atomic E-state index is 10.3. The second-order valence-corrected chi connectivity index (χ2v) is 4.93. The molecule has 0 aliphatic heterocycles. The van der Waals surface area contributed by atoms with Gasteiger partial charge >= 0.3 is 5.97 Å². The number of nitrogens with zero attached hydrogens (tertiary/aromatic N) is 1. The van der Waals surface area contributed by atoms with Gasteiger partial charge in [0.15, 0.2) is 5.58 Å². The lowest BCUT2D eigenvalue weighted by molar-refractivity contribution is -0.133. The third-order valence-corrected chi connectivity index (χ3v) is 3.52. The zero-order valence-electron chi connectivity index (χ0n) is 7.54. The van der Waals surface area contributed by atoms with Gasteiger partial charge in [0, 0.05) is 10.8 Å². The molecule has 1 aromatic heterocycles. The van der Waals surface area contributed by atoms with Gasteiger partial charge in [0.05, 0.1) is 0 Å². The first-order chi connectivity index (χ1) is 7.25. The van der Waals surface area contributed by atoms with E-state index in [2.05, 4.69) is 4.98 Å². The van der Waals surface area contributed by atoms with Crippen molar-refractivity contribution in [1.29, 1.82) is 0 Å². The molecule has 2 rings (SSSR count). The number of carbonyl (C=O) groups is 1. The van der Waals surface area contributed by atoms with E-state index in [1.54, 1.807) is 0 Å². The number of fused-ring (bicyclic) bond motifs is 1. The number of oxazole rings is 1. The van der Waals surface area contributed by atoms with E-state index in [0.29, 0.717) is 5.22 Å². The summed E-state index contributed by atoms with van der Waals surface area (Å²) in [4.78, 5) is 14.5. The van der Waals surface area contributed by atoms with Crippen LogP contribution in [-0.2, 0) is 4.79 Å². The van der Waals surface area contributed by atoms with E-state index in [0.717, 1.165) is 11.1 Å². The molecule has 78 valence electrons. The SMILES string of the molecule is O=C(O)CSSc1nc2ccccc2o1. The van der Waals surface area contributed by atoms with E-state index in [1.165, 1.54) is 21.6 Å². The van der Waals surface area contributed by atoms with Gasteiger partial charge in [-0.3, -0.25) is 4.79 Å². The van der Waals surface area contributed by atoms with Gasteiger partial charge in [0.25, 0.3) is 5.22 Å². The summed E-state index contributed by atoms with van der Waals surface area (Å²) in [5.41, 5.74) is 1.51. The number of para-hydroxylation sites is 2. The van der Waals surface area contributed by atoms with Gasteiger partial charge in [-0.2, -0.15) is 0 Å².